The standard InChI is InChI=1S/C13H8Br2F2/c14-9-3-6-11(12(17)7-9)13(15)8-1-4-10(16)5-2-8/h1-7,13H. The van der Waals surface area contributed by atoms with Gasteiger partial charge < -0.3 is 0 Å². The van der Waals surface area contributed by atoms with Crippen molar-refractivity contribution in [2.24, 2.45) is 0 Å². The molecule has 0 saturated heterocycles. The van der Waals surface area contributed by atoms with Gasteiger partial charge in [-0.25, -0.2) is 8.78 Å². The molecule has 0 amide bonds. The van der Waals surface area contributed by atoms with Gasteiger partial charge in [-0.15, -0.1) is 0 Å². The molecule has 0 fully saturated rings. The molecule has 0 spiro atoms. The summed E-state index contributed by atoms with van der Waals surface area (Å²) < 4.78 is 27.2. The first-order valence-electron chi connectivity index (χ1n) is 4.92. The molecule has 2 rings (SSSR count). The van der Waals surface area contributed by atoms with Gasteiger partial charge in [0.25, 0.3) is 0 Å². The number of rotatable bonds is 2. The second-order valence-corrected chi connectivity index (χ2v) is 5.41. The molecule has 0 N–H and O–H groups in total. The Morgan fingerprint density at radius 1 is 0.941 bits per heavy atom. The van der Waals surface area contributed by atoms with Crippen molar-refractivity contribution < 1.29 is 8.78 Å². The summed E-state index contributed by atoms with van der Waals surface area (Å²) in [6.45, 7) is 0. The summed E-state index contributed by atoms with van der Waals surface area (Å²) in [5.41, 5.74) is 1.34. The minimum Gasteiger partial charge on any atom is -0.207 e. The van der Waals surface area contributed by atoms with Gasteiger partial charge in [0.05, 0.1) is 4.83 Å². The van der Waals surface area contributed by atoms with E-state index in [4.69, 9.17) is 0 Å². The van der Waals surface area contributed by atoms with Crippen molar-refractivity contribution in [2.45, 2.75) is 4.83 Å². The van der Waals surface area contributed by atoms with Crippen LogP contribution >= 0.6 is 31.9 Å². The Balaban J connectivity index is 2.36. The Kier molecular flexibility index (Phi) is 3.94. The fraction of sp³-hybridized carbons (Fsp3) is 0.0769. The average Bonchev–Trinajstić information content (AvgIpc) is 2.29. The lowest BCUT2D eigenvalue weighted by Crippen LogP contribution is -1.96. The molecule has 0 heterocycles. The van der Waals surface area contributed by atoms with Gasteiger partial charge in [-0.1, -0.05) is 50.1 Å². The van der Waals surface area contributed by atoms with Crippen LogP contribution in [0.4, 0.5) is 8.78 Å². The van der Waals surface area contributed by atoms with Crippen molar-refractivity contribution in [1.82, 2.24) is 0 Å². The molecule has 0 aromatic heterocycles. The number of hydrogen-bond acceptors (Lipinski definition) is 0. The monoisotopic (exact) mass is 360 g/mol. The minimum atomic E-state index is -0.301. The number of alkyl halides is 1. The molecule has 0 nitrogen and oxygen atoms in total. The SMILES string of the molecule is Fc1ccc(C(Br)c2ccc(Br)cc2F)cc1. The van der Waals surface area contributed by atoms with Gasteiger partial charge in [0.15, 0.2) is 0 Å². The van der Waals surface area contributed by atoms with Crippen LogP contribution < -0.4 is 0 Å². The maximum atomic E-state index is 13.7. The Morgan fingerprint density at radius 2 is 1.59 bits per heavy atom. The first-order chi connectivity index (χ1) is 8.08. The van der Waals surface area contributed by atoms with E-state index in [-0.39, 0.29) is 16.5 Å². The maximum Gasteiger partial charge on any atom is 0.129 e. The minimum absolute atomic E-state index is 0.281. The zero-order chi connectivity index (χ0) is 12.4. The summed E-state index contributed by atoms with van der Waals surface area (Å²) in [5.74, 6) is -0.602. The molecule has 4 heteroatoms. The number of halogens is 4. The lowest BCUT2D eigenvalue weighted by atomic mass is 10.0. The van der Waals surface area contributed by atoms with Crippen molar-refractivity contribution in [3.63, 3.8) is 0 Å². The van der Waals surface area contributed by atoms with E-state index in [1.807, 2.05) is 0 Å². The third-order valence-corrected chi connectivity index (χ3v) is 3.91. The number of hydrogen-bond donors (Lipinski definition) is 0. The molecule has 1 atom stereocenters. The molecule has 88 valence electrons. The largest absolute Gasteiger partial charge is 0.207 e. The topological polar surface area (TPSA) is 0 Å². The first kappa shape index (κ1) is 12.7. The van der Waals surface area contributed by atoms with Crippen molar-refractivity contribution in [2.75, 3.05) is 0 Å². The van der Waals surface area contributed by atoms with E-state index in [1.54, 1.807) is 24.3 Å². The van der Waals surface area contributed by atoms with Crippen molar-refractivity contribution in [3.8, 4) is 0 Å². The van der Waals surface area contributed by atoms with Crippen molar-refractivity contribution >= 4 is 31.9 Å². The van der Waals surface area contributed by atoms with Gasteiger partial charge >= 0.3 is 0 Å². The van der Waals surface area contributed by atoms with Crippen molar-refractivity contribution in [3.05, 3.63) is 69.7 Å². The van der Waals surface area contributed by atoms with Crippen LogP contribution in [-0.4, -0.2) is 0 Å². The predicted octanol–water partition coefficient (Wildman–Crippen LogP) is 5.21. The van der Waals surface area contributed by atoms with E-state index in [2.05, 4.69) is 31.9 Å². The lowest BCUT2D eigenvalue weighted by molar-refractivity contribution is 0.612. The summed E-state index contributed by atoms with van der Waals surface area (Å²) in [4.78, 5) is -0.281. The van der Waals surface area contributed by atoms with E-state index in [9.17, 15) is 8.78 Å². The fourth-order valence-electron chi connectivity index (χ4n) is 1.52. The summed E-state index contributed by atoms with van der Waals surface area (Å²) >= 11 is 6.62. The summed E-state index contributed by atoms with van der Waals surface area (Å²) in [6.07, 6.45) is 0. The Hall–Kier alpha value is -0.740. The van der Waals surface area contributed by atoms with Crippen LogP contribution in [0.1, 0.15) is 16.0 Å². The van der Waals surface area contributed by atoms with Crippen LogP contribution in [0, 0.1) is 11.6 Å². The highest BCUT2D eigenvalue weighted by Crippen LogP contribution is 2.33. The fourth-order valence-corrected chi connectivity index (χ4v) is 2.53. The van der Waals surface area contributed by atoms with Crippen LogP contribution in [0.15, 0.2) is 46.9 Å². The second-order valence-electron chi connectivity index (χ2n) is 3.58. The normalized spacial score (nSPS) is 12.5. The van der Waals surface area contributed by atoms with Crippen LogP contribution in [0.5, 0.6) is 0 Å². The lowest BCUT2D eigenvalue weighted by Gasteiger charge is -2.12. The highest BCUT2D eigenvalue weighted by Gasteiger charge is 2.14. The summed E-state index contributed by atoms with van der Waals surface area (Å²) in [7, 11) is 0. The molecular weight excluding hydrogens is 354 g/mol. The quantitative estimate of drug-likeness (QED) is 0.644. The molecule has 0 bridgehead atoms. The van der Waals surface area contributed by atoms with Gasteiger partial charge in [0.1, 0.15) is 11.6 Å². The van der Waals surface area contributed by atoms with Gasteiger partial charge in [0.2, 0.25) is 0 Å². The highest BCUT2D eigenvalue weighted by atomic mass is 79.9. The van der Waals surface area contributed by atoms with Gasteiger partial charge in [-0.05, 0) is 29.8 Å². The van der Waals surface area contributed by atoms with Gasteiger partial charge in [0, 0.05) is 10.0 Å². The average molecular weight is 362 g/mol. The van der Waals surface area contributed by atoms with Gasteiger partial charge in [-0.3, -0.25) is 0 Å². The predicted molar refractivity (Wildman–Crippen MR) is 71.3 cm³/mol. The van der Waals surface area contributed by atoms with Crippen molar-refractivity contribution in [1.29, 1.82) is 0 Å². The molecule has 0 aliphatic rings. The van der Waals surface area contributed by atoms with E-state index < -0.39 is 0 Å². The van der Waals surface area contributed by atoms with E-state index in [0.717, 1.165) is 5.56 Å². The zero-order valence-electron chi connectivity index (χ0n) is 8.63. The van der Waals surface area contributed by atoms with E-state index in [0.29, 0.717) is 10.0 Å². The summed E-state index contributed by atoms with van der Waals surface area (Å²) in [5, 5.41) is 0. The molecule has 0 aliphatic heterocycles. The van der Waals surface area contributed by atoms with Crippen LogP contribution in [0.3, 0.4) is 0 Å². The molecule has 0 aliphatic carbocycles. The van der Waals surface area contributed by atoms with Gasteiger partial charge in [-0.2, -0.15) is 0 Å². The second kappa shape index (κ2) is 5.27. The smallest absolute Gasteiger partial charge is 0.129 e. The Labute approximate surface area is 115 Å². The molecular formula is C13H8Br2F2. The Morgan fingerprint density at radius 3 is 2.18 bits per heavy atom. The zero-order valence-corrected chi connectivity index (χ0v) is 11.8. The molecule has 0 radical (unpaired) electrons. The van der Waals surface area contributed by atoms with Crippen LogP contribution in [0.2, 0.25) is 0 Å². The molecule has 1 unspecified atom stereocenters. The van der Waals surface area contributed by atoms with E-state index in [1.165, 1.54) is 18.2 Å². The third kappa shape index (κ3) is 2.93. The highest BCUT2D eigenvalue weighted by molar-refractivity contribution is 9.10. The molecule has 2 aromatic rings. The maximum absolute atomic E-state index is 13.7. The summed E-state index contributed by atoms with van der Waals surface area (Å²) in [6, 6.07) is 10.9. The third-order valence-electron chi connectivity index (χ3n) is 2.40. The molecule has 2 aromatic carbocycles. The number of benzene rings is 2. The first-order valence-corrected chi connectivity index (χ1v) is 6.63. The van der Waals surface area contributed by atoms with E-state index >= 15 is 0 Å². The van der Waals surface area contributed by atoms with Crippen LogP contribution in [0.25, 0.3) is 0 Å². The van der Waals surface area contributed by atoms with Crippen LogP contribution in [-0.2, 0) is 0 Å². The Bertz CT molecular complexity index is 523. The molecule has 0 saturated carbocycles. The molecule has 17 heavy (non-hydrogen) atoms.